The SMILES string of the molecule is C[C@H](OC(=O)c1nccnc1N)C(=O)Nc1ccc(Cl)cc1C(F)(F)F. The number of carbonyl (C=O) groups excluding carboxylic acids is 2. The van der Waals surface area contributed by atoms with Crippen molar-refractivity contribution in [3.63, 3.8) is 0 Å². The Morgan fingerprint density at radius 1 is 1.27 bits per heavy atom. The van der Waals surface area contributed by atoms with Crippen molar-refractivity contribution < 1.29 is 27.5 Å². The molecule has 1 amide bonds. The molecule has 1 heterocycles. The summed E-state index contributed by atoms with van der Waals surface area (Å²) >= 11 is 5.57. The van der Waals surface area contributed by atoms with Crippen LogP contribution < -0.4 is 11.1 Å². The van der Waals surface area contributed by atoms with Crippen molar-refractivity contribution in [2.75, 3.05) is 11.1 Å². The first-order chi connectivity index (χ1) is 12.1. The molecule has 1 atom stereocenters. The molecule has 26 heavy (non-hydrogen) atoms. The zero-order valence-electron chi connectivity index (χ0n) is 13.2. The minimum Gasteiger partial charge on any atom is -0.448 e. The van der Waals surface area contributed by atoms with Gasteiger partial charge in [0, 0.05) is 17.4 Å². The van der Waals surface area contributed by atoms with Gasteiger partial charge in [0.05, 0.1) is 11.3 Å². The van der Waals surface area contributed by atoms with Gasteiger partial charge >= 0.3 is 12.1 Å². The van der Waals surface area contributed by atoms with E-state index < -0.39 is 35.4 Å². The zero-order chi connectivity index (χ0) is 19.5. The number of nitrogens with one attached hydrogen (secondary N) is 1. The number of nitrogens with two attached hydrogens (primary N) is 1. The van der Waals surface area contributed by atoms with Gasteiger partial charge in [-0.25, -0.2) is 14.8 Å². The molecule has 0 aliphatic carbocycles. The van der Waals surface area contributed by atoms with Gasteiger partial charge < -0.3 is 15.8 Å². The van der Waals surface area contributed by atoms with Gasteiger partial charge in [-0.15, -0.1) is 0 Å². The van der Waals surface area contributed by atoms with E-state index in [2.05, 4.69) is 15.3 Å². The minimum absolute atomic E-state index is 0.145. The molecule has 138 valence electrons. The number of nitrogen functional groups attached to an aromatic ring is 1. The van der Waals surface area contributed by atoms with Crippen LogP contribution in [0.4, 0.5) is 24.7 Å². The number of carbonyl (C=O) groups is 2. The average molecular weight is 389 g/mol. The molecule has 2 aromatic rings. The van der Waals surface area contributed by atoms with Crippen molar-refractivity contribution in [3.05, 3.63) is 46.9 Å². The molecule has 0 saturated carbocycles. The summed E-state index contributed by atoms with van der Waals surface area (Å²) in [6.45, 7) is 1.18. The second-order valence-electron chi connectivity index (χ2n) is 5.01. The molecule has 3 N–H and O–H groups in total. The molecule has 2 rings (SSSR count). The van der Waals surface area contributed by atoms with Gasteiger partial charge in [-0.2, -0.15) is 13.2 Å². The fourth-order valence-corrected chi connectivity index (χ4v) is 2.04. The number of halogens is 4. The maximum Gasteiger partial charge on any atom is 0.418 e. The number of anilines is 2. The van der Waals surface area contributed by atoms with Gasteiger partial charge in [-0.3, -0.25) is 4.79 Å². The van der Waals surface area contributed by atoms with Crippen LogP contribution in [0, 0.1) is 0 Å². The third-order valence-electron chi connectivity index (χ3n) is 3.12. The van der Waals surface area contributed by atoms with Gasteiger partial charge in [0.15, 0.2) is 17.6 Å². The second kappa shape index (κ2) is 7.56. The summed E-state index contributed by atoms with van der Waals surface area (Å²) < 4.78 is 44.0. The molecule has 0 fully saturated rings. The lowest BCUT2D eigenvalue weighted by atomic mass is 10.1. The van der Waals surface area contributed by atoms with Gasteiger partial charge in [0.2, 0.25) is 0 Å². The Bertz CT molecular complexity index is 845. The van der Waals surface area contributed by atoms with Crippen LogP contribution in [0.2, 0.25) is 5.02 Å². The van der Waals surface area contributed by atoms with Crippen LogP contribution in [0.25, 0.3) is 0 Å². The molecule has 0 saturated heterocycles. The van der Waals surface area contributed by atoms with Crippen LogP contribution in [0.5, 0.6) is 0 Å². The second-order valence-corrected chi connectivity index (χ2v) is 5.45. The van der Waals surface area contributed by atoms with Gasteiger partial charge in [0.25, 0.3) is 5.91 Å². The molecule has 1 aromatic heterocycles. The number of amides is 1. The van der Waals surface area contributed by atoms with Crippen molar-refractivity contribution in [1.82, 2.24) is 9.97 Å². The van der Waals surface area contributed by atoms with E-state index in [4.69, 9.17) is 22.1 Å². The standard InChI is InChI=1S/C15H12ClF3N4O3/c1-7(26-14(25)11-12(20)22-5-4-21-11)13(24)23-10-3-2-8(16)6-9(10)15(17,18)19/h2-7H,1H3,(H2,20,22)(H,23,24)/t7-/m0/s1. The number of esters is 1. The summed E-state index contributed by atoms with van der Waals surface area (Å²) in [4.78, 5) is 31.3. The topological polar surface area (TPSA) is 107 Å². The van der Waals surface area contributed by atoms with Crippen molar-refractivity contribution in [1.29, 1.82) is 0 Å². The summed E-state index contributed by atoms with van der Waals surface area (Å²) in [5.74, 6) is -2.22. The number of rotatable bonds is 4. The number of alkyl halides is 3. The lowest BCUT2D eigenvalue weighted by molar-refractivity contribution is -0.137. The number of nitrogens with zero attached hydrogens (tertiary/aromatic N) is 2. The third kappa shape index (κ3) is 4.60. The smallest absolute Gasteiger partial charge is 0.418 e. The molecular weight excluding hydrogens is 377 g/mol. The first-order valence-electron chi connectivity index (χ1n) is 7.04. The van der Waals surface area contributed by atoms with Crippen LogP contribution in [-0.4, -0.2) is 27.9 Å². The van der Waals surface area contributed by atoms with Crippen molar-refractivity contribution in [3.8, 4) is 0 Å². The number of benzene rings is 1. The maximum atomic E-state index is 13.0. The van der Waals surface area contributed by atoms with E-state index >= 15 is 0 Å². The molecule has 1 aromatic carbocycles. The van der Waals surface area contributed by atoms with E-state index in [9.17, 15) is 22.8 Å². The Kier molecular flexibility index (Phi) is 5.66. The van der Waals surface area contributed by atoms with Gasteiger partial charge in [-0.05, 0) is 25.1 Å². The highest BCUT2D eigenvalue weighted by molar-refractivity contribution is 6.30. The molecule has 0 spiro atoms. The van der Waals surface area contributed by atoms with E-state index in [1.807, 2.05) is 0 Å². The number of hydrogen-bond donors (Lipinski definition) is 2. The fourth-order valence-electron chi connectivity index (χ4n) is 1.87. The Hall–Kier alpha value is -2.88. The first-order valence-corrected chi connectivity index (χ1v) is 7.42. The number of ether oxygens (including phenoxy) is 1. The molecule has 0 aliphatic heterocycles. The minimum atomic E-state index is -4.73. The molecule has 0 radical (unpaired) electrons. The van der Waals surface area contributed by atoms with Crippen molar-refractivity contribution in [2.24, 2.45) is 0 Å². The molecular formula is C15H12ClF3N4O3. The lowest BCUT2D eigenvalue weighted by Crippen LogP contribution is -2.31. The molecule has 0 unspecified atom stereocenters. The van der Waals surface area contributed by atoms with Gasteiger partial charge in [-0.1, -0.05) is 11.6 Å². The summed E-state index contributed by atoms with van der Waals surface area (Å²) in [6.07, 6.45) is -3.70. The number of hydrogen-bond acceptors (Lipinski definition) is 6. The largest absolute Gasteiger partial charge is 0.448 e. The van der Waals surface area contributed by atoms with Crippen LogP contribution in [-0.2, 0) is 15.7 Å². The third-order valence-corrected chi connectivity index (χ3v) is 3.35. The quantitative estimate of drug-likeness (QED) is 0.780. The normalized spacial score (nSPS) is 12.3. The average Bonchev–Trinajstić information content (AvgIpc) is 2.55. The Labute approximate surface area is 150 Å². The van der Waals surface area contributed by atoms with Crippen LogP contribution >= 0.6 is 11.6 Å². The van der Waals surface area contributed by atoms with E-state index in [0.717, 1.165) is 6.07 Å². The summed E-state index contributed by atoms with van der Waals surface area (Å²) in [5, 5.41) is 1.91. The molecule has 0 aliphatic rings. The summed E-state index contributed by atoms with van der Waals surface area (Å²) in [7, 11) is 0. The van der Waals surface area contributed by atoms with Crippen molar-refractivity contribution >= 4 is 35.0 Å². The summed E-state index contributed by atoms with van der Waals surface area (Å²) in [6, 6.07) is 2.86. The zero-order valence-corrected chi connectivity index (χ0v) is 13.9. The highest BCUT2D eigenvalue weighted by Gasteiger charge is 2.34. The van der Waals surface area contributed by atoms with Crippen LogP contribution in [0.3, 0.4) is 0 Å². The maximum absolute atomic E-state index is 13.0. The predicted octanol–water partition coefficient (Wildman–Crippen LogP) is 2.92. The Morgan fingerprint density at radius 2 is 1.92 bits per heavy atom. The monoisotopic (exact) mass is 388 g/mol. The molecule has 11 heteroatoms. The van der Waals surface area contributed by atoms with Crippen molar-refractivity contribution in [2.45, 2.75) is 19.2 Å². The van der Waals surface area contributed by atoms with Crippen LogP contribution in [0.15, 0.2) is 30.6 Å². The fraction of sp³-hybridized carbons (Fsp3) is 0.200. The van der Waals surface area contributed by atoms with Gasteiger partial charge in [0.1, 0.15) is 0 Å². The predicted molar refractivity (Wildman–Crippen MR) is 86.4 cm³/mol. The molecule has 0 bridgehead atoms. The van der Waals surface area contributed by atoms with E-state index in [1.165, 1.54) is 25.4 Å². The van der Waals surface area contributed by atoms with E-state index in [1.54, 1.807) is 0 Å². The Balaban J connectivity index is 2.13. The lowest BCUT2D eigenvalue weighted by Gasteiger charge is -2.17. The highest BCUT2D eigenvalue weighted by Crippen LogP contribution is 2.36. The number of aromatic nitrogens is 2. The Morgan fingerprint density at radius 3 is 2.54 bits per heavy atom. The van der Waals surface area contributed by atoms with E-state index in [0.29, 0.717) is 6.07 Å². The molecule has 7 nitrogen and oxygen atoms in total. The van der Waals surface area contributed by atoms with Crippen LogP contribution in [0.1, 0.15) is 23.0 Å². The highest BCUT2D eigenvalue weighted by atomic mass is 35.5. The first kappa shape index (κ1) is 19.4. The van der Waals surface area contributed by atoms with E-state index in [-0.39, 0.29) is 16.5 Å². The summed E-state index contributed by atoms with van der Waals surface area (Å²) in [5.41, 5.74) is 3.51.